The van der Waals surface area contributed by atoms with E-state index < -0.39 is 39.2 Å². The van der Waals surface area contributed by atoms with Gasteiger partial charge in [0.15, 0.2) is 0 Å². The Bertz CT molecular complexity index is 2200. The quantitative estimate of drug-likeness (QED) is 0.221. The Hall–Kier alpha value is -4.31. The maximum atomic E-state index is 14.4. The van der Waals surface area contributed by atoms with Gasteiger partial charge in [0, 0.05) is 42.2 Å². The number of ether oxygens (including phenoxy) is 1. The molecule has 254 valence electrons. The number of aromatic nitrogens is 4. The predicted molar refractivity (Wildman–Crippen MR) is 180 cm³/mol. The molecule has 2 aliphatic rings. The van der Waals surface area contributed by atoms with E-state index in [1.807, 2.05) is 6.07 Å². The van der Waals surface area contributed by atoms with E-state index in [-0.39, 0.29) is 53.4 Å². The number of hydrogen-bond acceptors (Lipinski definition) is 7. The van der Waals surface area contributed by atoms with Gasteiger partial charge in [-0.1, -0.05) is 15.9 Å². The number of hydrogen-bond donors (Lipinski definition) is 1. The summed E-state index contributed by atoms with van der Waals surface area (Å²) in [7, 11) is -3.82. The molecule has 7 rings (SSSR count). The summed E-state index contributed by atoms with van der Waals surface area (Å²) in [6.07, 6.45) is 3.70. The van der Waals surface area contributed by atoms with Crippen LogP contribution in [0.5, 0.6) is 0 Å². The van der Waals surface area contributed by atoms with Gasteiger partial charge in [-0.05, 0) is 79.1 Å². The average molecular weight is 754 g/mol. The Balaban J connectivity index is 1.31. The number of amides is 1. The van der Waals surface area contributed by atoms with Gasteiger partial charge in [0.05, 0.1) is 46.4 Å². The van der Waals surface area contributed by atoms with Gasteiger partial charge >= 0.3 is 0 Å². The highest BCUT2D eigenvalue weighted by atomic mass is 79.9. The summed E-state index contributed by atoms with van der Waals surface area (Å²) in [5.41, 5.74) is 1.25. The van der Waals surface area contributed by atoms with E-state index in [4.69, 9.17) is 9.72 Å². The molecule has 11 nitrogen and oxygen atoms in total. The summed E-state index contributed by atoms with van der Waals surface area (Å²) < 4.78 is 65.5. The monoisotopic (exact) mass is 752 g/mol. The minimum Gasteiger partial charge on any atom is -0.379 e. The van der Waals surface area contributed by atoms with Crippen molar-refractivity contribution in [3.05, 3.63) is 116 Å². The zero-order valence-electron chi connectivity index (χ0n) is 26.1. The molecule has 2 aromatic heterocycles. The Morgan fingerprint density at radius 2 is 1.71 bits per heavy atom. The lowest BCUT2D eigenvalue weighted by atomic mass is 10.0. The van der Waals surface area contributed by atoms with E-state index in [2.05, 4.69) is 26.3 Å². The molecule has 1 aliphatic carbocycles. The van der Waals surface area contributed by atoms with Gasteiger partial charge in [0.25, 0.3) is 5.56 Å². The van der Waals surface area contributed by atoms with Gasteiger partial charge < -0.3 is 10.1 Å². The van der Waals surface area contributed by atoms with Crippen LogP contribution >= 0.6 is 15.9 Å². The summed E-state index contributed by atoms with van der Waals surface area (Å²) in [6, 6.07) is 14.7. The zero-order chi connectivity index (χ0) is 34.3. The Labute approximate surface area is 288 Å². The molecule has 0 spiro atoms. The van der Waals surface area contributed by atoms with Crippen LogP contribution < -0.4 is 10.9 Å². The molecule has 0 radical (unpaired) electrons. The number of nitrogens with one attached hydrogen (secondary N) is 1. The van der Waals surface area contributed by atoms with E-state index in [0.29, 0.717) is 29.1 Å². The molecule has 15 heteroatoms. The fourth-order valence-electron chi connectivity index (χ4n) is 5.98. The maximum absolute atomic E-state index is 14.4. The van der Waals surface area contributed by atoms with Crippen LogP contribution in [0.4, 0.5) is 8.78 Å². The second-order valence-electron chi connectivity index (χ2n) is 12.1. The Kier molecular flexibility index (Phi) is 9.17. The van der Waals surface area contributed by atoms with E-state index in [0.717, 1.165) is 36.7 Å². The molecule has 1 saturated heterocycles. The second kappa shape index (κ2) is 13.5. The number of morpholine rings is 1. The largest absolute Gasteiger partial charge is 0.379 e. The number of carbonyl (C=O) groups excluding carboxylic acids is 1. The minimum atomic E-state index is -3.82. The van der Waals surface area contributed by atoms with Crippen molar-refractivity contribution < 1.29 is 26.7 Å². The van der Waals surface area contributed by atoms with E-state index in [1.165, 1.54) is 37.8 Å². The number of halogens is 3. The van der Waals surface area contributed by atoms with Crippen LogP contribution in [0.3, 0.4) is 0 Å². The number of fused-ring (bicyclic) bond motifs is 1. The smallest absolute Gasteiger partial charge is 0.266 e. The Morgan fingerprint density at radius 3 is 2.41 bits per heavy atom. The van der Waals surface area contributed by atoms with Crippen molar-refractivity contribution in [3.63, 3.8) is 0 Å². The van der Waals surface area contributed by atoms with Gasteiger partial charge in [0.1, 0.15) is 24.0 Å². The highest BCUT2D eigenvalue weighted by Gasteiger charge is 2.29. The molecular weight excluding hydrogens is 722 g/mol. The van der Waals surface area contributed by atoms with E-state index in [9.17, 15) is 26.8 Å². The van der Waals surface area contributed by atoms with Crippen LogP contribution in [-0.4, -0.2) is 64.3 Å². The summed E-state index contributed by atoms with van der Waals surface area (Å²) in [5.74, 6) is -1.58. The van der Waals surface area contributed by atoms with Crippen molar-refractivity contribution in [1.82, 2.24) is 29.0 Å². The highest BCUT2D eigenvalue weighted by Crippen LogP contribution is 2.38. The Morgan fingerprint density at radius 1 is 1.00 bits per heavy atom. The van der Waals surface area contributed by atoms with Gasteiger partial charge in [-0.2, -0.15) is 9.40 Å². The van der Waals surface area contributed by atoms with Crippen LogP contribution in [0.15, 0.2) is 87.1 Å². The molecule has 1 atom stereocenters. The lowest BCUT2D eigenvalue weighted by Gasteiger charge is -2.26. The number of nitrogens with zero attached hydrogens (tertiary/aromatic N) is 5. The summed E-state index contributed by atoms with van der Waals surface area (Å²) >= 11 is 3.42. The molecule has 0 bridgehead atoms. The summed E-state index contributed by atoms with van der Waals surface area (Å²) in [5, 5.41) is 7.70. The molecule has 3 heterocycles. The van der Waals surface area contributed by atoms with Crippen LogP contribution in [0.25, 0.3) is 16.6 Å². The molecule has 1 saturated carbocycles. The first kappa shape index (κ1) is 33.2. The zero-order valence-corrected chi connectivity index (χ0v) is 28.5. The topological polar surface area (TPSA) is 128 Å². The van der Waals surface area contributed by atoms with Crippen molar-refractivity contribution in [3.8, 4) is 5.69 Å². The van der Waals surface area contributed by atoms with Crippen LogP contribution in [0, 0.1) is 11.6 Å². The van der Waals surface area contributed by atoms with Crippen molar-refractivity contribution in [1.29, 1.82) is 0 Å². The molecule has 1 unspecified atom stereocenters. The molecule has 49 heavy (non-hydrogen) atoms. The molecular formula is C34H31BrF2N6O5S. The lowest BCUT2D eigenvalue weighted by Crippen LogP contribution is -2.40. The normalized spacial score (nSPS) is 16.1. The minimum absolute atomic E-state index is 0.0373. The van der Waals surface area contributed by atoms with Gasteiger partial charge in [-0.15, -0.1) is 0 Å². The average Bonchev–Trinajstić information content (AvgIpc) is 3.82. The molecule has 1 amide bonds. The second-order valence-corrected chi connectivity index (χ2v) is 15.0. The van der Waals surface area contributed by atoms with Gasteiger partial charge in [0.2, 0.25) is 15.9 Å². The van der Waals surface area contributed by atoms with Crippen molar-refractivity contribution in [2.24, 2.45) is 0 Å². The van der Waals surface area contributed by atoms with Gasteiger partial charge in [-0.3, -0.25) is 18.8 Å². The third kappa shape index (κ3) is 7.20. The van der Waals surface area contributed by atoms with Crippen molar-refractivity contribution in [2.75, 3.05) is 26.3 Å². The third-order valence-electron chi connectivity index (χ3n) is 8.53. The van der Waals surface area contributed by atoms with Crippen LogP contribution in [0.2, 0.25) is 0 Å². The van der Waals surface area contributed by atoms with Crippen LogP contribution in [0.1, 0.15) is 41.9 Å². The number of sulfonamides is 1. The summed E-state index contributed by atoms with van der Waals surface area (Å²) in [6.45, 7) is 0.886. The fourth-order valence-corrected chi connectivity index (χ4v) is 7.74. The lowest BCUT2D eigenvalue weighted by molar-refractivity contribution is -0.122. The number of carbonyl (C=O) groups is 1. The van der Waals surface area contributed by atoms with Crippen LogP contribution in [-0.2, 0) is 32.5 Å². The van der Waals surface area contributed by atoms with Crippen molar-refractivity contribution in [2.45, 2.75) is 42.7 Å². The number of benzene rings is 3. The third-order valence-corrected chi connectivity index (χ3v) is 10.9. The molecule has 2 fully saturated rings. The van der Waals surface area contributed by atoms with Crippen molar-refractivity contribution >= 4 is 42.8 Å². The first-order valence-corrected chi connectivity index (χ1v) is 18.0. The first-order chi connectivity index (χ1) is 23.5. The fraction of sp³-hybridized carbons (Fsp3) is 0.294. The summed E-state index contributed by atoms with van der Waals surface area (Å²) in [4.78, 5) is 32.6. The maximum Gasteiger partial charge on any atom is 0.266 e. The van der Waals surface area contributed by atoms with E-state index in [1.54, 1.807) is 24.4 Å². The first-order valence-electron chi connectivity index (χ1n) is 15.7. The molecule has 5 aromatic rings. The highest BCUT2D eigenvalue weighted by molar-refractivity contribution is 9.10. The SMILES string of the molecule is O=C(Cn1ccc(C2CC2)n1)NC(Cc1cc(F)cc(F)c1)c1nc2cc(Br)ccc2c(=O)n1-c1ccc(S(=O)(=O)N2CCOCC2)cc1. The van der Waals surface area contributed by atoms with E-state index >= 15 is 0 Å². The molecule has 1 N–H and O–H groups in total. The predicted octanol–water partition coefficient (Wildman–Crippen LogP) is 4.62. The molecule has 3 aromatic carbocycles. The van der Waals surface area contributed by atoms with Gasteiger partial charge in [-0.25, -0.2) is 22.2 Å². The molecule has 1 aliphatic heterocycles. The standard InChI is InChI=1S/C34H31BrF2N6O5S/c35-23-3-8-28-30(18-23)39-33(43(34(28)45)26-4-6-27(7-5-26)49(46,47)42-11-13-48-14-12-42)31(17-21-15-24(36)19-25(37)16-21)38-32(44)20-41-10-9-29(40-41)22-1-2-22/h3-10,15-16,18-19,22,31H,1-2,11-14,17,20H2,(H,38,44). The number of rotatable bonds is 10.